The molecule has 0 atom stereocenters. The van der Waals surface area contributed by atoms with Crippen LogP contribution in [0.15, 0.2) is 24.3 Å². The van der Waals surface area contributed by atoms with E-state index in [1.165, 1.54) is 0 Å². The van der Waals surface area contributed by atoms with Crippen LogP contribution in [0.25, 0.3) is 10.9 Å². The Bertz CT molecular complexity index is 1160. The van der Waals surface area contributed by atoms with Gasteiger partial charge in [0.1, 0.15) is 1.41 Å². The van der Waals surface area contributed by atoms with Gasteiger partial charge in [0.05, 0.1) is 9.82 Å². The molecule has 0 unspecified atom stereocenters. The summed E-state index contributed by atoms with van der Waals surface area (Å²) in [4.78, 5) is 1.21. The smallest absolute Gasteiger partial charge is 0.215 e. The first kappa shape index (κ1) is 5.79. The van der Waals surface area contributed by atoms with Gasteiger partial charge in [0.15, 0.2) is 1.41 Å². The lowest BCUT2D eigenvalue weighted by Crippen LogP contribution is -2.20. The fourth-order valence-electron chi connectivity index (χ4n) is 1.45. The van der Waals surface area contributed by atoms with Crippen molar-refractivity contribution in [3.8, 4) is 0 Å². The van der Waals surface area contributed by atoms with E-state index >= 15 is 0 Å². The van der Waals surface area contributed by atoms with Crippen LogP contribution in [0.3, 0.4) is 0 Å². The normalized spacial score (nSPS) is 23.4. The number of fused-ring (bicyclic) bond motifs is 1. The van der Waals surface area contributed by atoms with Gasteiger partial charge in [-0.1, -0.05) is 6.04 Å². The third kappa shape index (κ3) is 3.59. The van der Waals surface area contributed by atoms with Gasteiger partial charge in [-0.3, -0.25) is 0 Å². The van der Waals surface area contributed by atoms with Crippen LogP contribution in [0, 0.1) is 0 Å². The number of hydrogen-bond acceptors (Lipinski definition) is 3. The summed E-state index contributed by atoms with van der Waals surface area (Å²) in [7, 11) is -3.20. The molecule has 0 radical (unpaired) electrons. The summed E-state index contributed by atoms with van der Waals surface area (Å²) in [5.74, 6) is 0. The number of nitrogens with zero attached hydrogens (tertiary/aromatic N) is 1. The highest BCUT2D eigenvalue weighted by Gasteiger charge is 2.11. The van der Waals surface area contributed by atoms with E-state index in [2.05, 4.69) is 0 Å². The lowest BCUT2D eigenvalue weighted by Gasteiger charge is -2.08. The molecule has 6 heteroatoms. The molecular formula is C14H21N3O2S. The molecule has 0 amide bonds. The van der Waals surface area contributed by atoms with Gasteiger partial charge in [-0.25, -0.2) is 13.1 Å². The Morgan fingerprint density at radius 1 is 1.65 bits per heavy atom. The lowest BCUT2D eigenvalue weighted by molar-refractivity contribution is 0.414. The van der Waals surface area contributed by atoms with E-state index in [1.807, 2.05) is 0 Å². The van der Waals surface area contributed by atoms with E-state index in [0.717, 1.165) is 20.3 Å². The molecule has 2 N–H and O–H groups in total. The summed E-state index contributed by atoms with van der Waals surface area (Å²) in [6, 6.07) is -2.77. The van der Waals surface area contributed by atoms with Gasteiger partial charge < -0.3 is 9.88 Å². The monoisotopic (exact) mass is 307 g/mol. The first-order valence-corrected chi connectivity index (χ1v) is 6.97. The summed E-state index contributed by atoms with van der Waals surface area (Å²) in [5, 5.41) is -0.494. The molecule has 110 valence electrons. The molecule has 2 aromatic rings. The zero-order valence-electron chi connectivity index (χ0n) is 22.9. The average Bonchev–Trinajstić information content (AvgIpc) is 2.97. The van der Waals surface area contributed by atoms with Crippen LogP contribution in [-0.2, 0) is 22.1 Å². The molecule has 0 aliphatic carbocycles. The predicted molar refractivity (Wildman–Crippen MR) is 82.2 cm³/mol. The second-order valence-electron chi connectivity index (χ2n) is 3.94. The van der Waals surface area contributed by atoms with Crippen LogP contribution in [0.4, 0.5) is 0 Å². The highest BCUT2D eigenvalue weighted by Crippen LogP contribution is 2.21. The van der Waals surface area contributed by atoms with Crippen molar-refractivity contribution in [2.75, 3.05) is 27.6 Å². The summed E-state index contributed by atoms with van der Waals surface area (Å²) >= 11 is 0. The lowest BCUT2D eigenvalue weighted by atomic mass is 10.1. The van der Waals surface area contributed by atoms with Crippen LogP contribution in [0.5, 0.6) is 0 Å². The zero-order chi connectivity index (χ0) is 25.2. The number of sulfonamides is 1. The molecule has 20 heavy (non-hydrogen) atoms. The fourth-order valence-corrected chi connectivity index (χ4v) is 1.90. The summed E-state index contributed by atoms with van der Waals surface area (Å²) in [6.45, 7) is -3.39. The van der Waals surface area contributed by atoms with E-state index in [-0.39, 0.29) is 4.72 Å². The molecule has 5 nitrogen and oxygen atoms in total. The third-order valence-corrected chi connectivity index (χ3v) is 3.31. The molecule has 0 spiro atoms. The first-order valence-electron chi connectivity index (χ1n) is 11.4. The maximum Gasteiger partial charge on any atom is 0.215 e. The van der Waals surface area contributed by atoms with Crippen LogP contribution in [0.1, 0.15) is 24.8 Å². The zero-order valence-corrected chi connectivity index (χ0v) is 11.7. The van der Waals surface area contributed by atoms with Crippen LogP contribution in [-0.4, -0.2) is 45.9 Å². The molecule has 0 saturated carbocycles. The second kappa shape index (κ2) is 5.95. The van der Waals surface area contributed by atoms with Crippen molar-refractivity contribution < 1.29 is 24.9 Å². The third-order valence-electron chi connectivity index (χ3n) is 2.36. The fraction of sp³-hybridized carbons (Fsp3) is 0.429. The van der Waals surface area contributed by atoms with Crippen molar-refractivity contribution in [2.24, 2.45) is 0 Å². The van der Waals surface area contributed by atoms with Crippen LogP contribution < -0.4 is 4.72 Å². The Balaban J connectivity index is 2.94. The maximum absolute atomic E-state index is 12.4. The Kier molecular flexibility index (Phi) is 1.72. The van der Waals surface area contributed by atoms with Gasteiger partial charge >= 0.3 is 0 Å². The van der Waals surface area contributed by atoms with E-state index < -0.39 is 75.8 Å². The average molecular weight is 307 g/mol. The molecule has 0 saturated heterocycles. The first-order chi connectivity index (χ1) is 14.2. The van der Waals surface area contributed by atoms with E-state index in [4.69, 9.17) is 16.5 Å². The summed E-state index contributed by atoms with van der Waals surface area (Å²) in [6.07, 6.45) is -1.65. The Morgan fingerprint density at radius 2 is 2.45 bits per heavy atom. The molecular weight excluding hydrogens is 274 g/mol. The van der Waals surface area contributed by atoms with Crippen LogP contribution in [0.2, 0.25) is 2.82 Å². The molecule has 1 heterocycles. The maximum atomic E-state index is 12.4. The second-order valence-corrected chi connectivity index (χ2v) is 5.46. The number of aromatic amines is 1. The molecule has 0 fully saturated rings. The number of likely N-dealkylation sites (N-methyl/N-ethyl adjacent to an activating group) is 1. The van der Waals surface area contributed by atoms with Crippen molar-refractivity contribution in [3.63, 3.8) is 0 Å². The van der Waals surface area contributed by atoms with Gasteiger partial charge in [-0.05, 0) is 50.7 Å². The minimum absolute atomic E-state index is 0.180. The van der Waals surface area contributed by atoms with Gasteiger partial charge in [0.2, 0.25) is 10.0 Å². The molecule has 1 aromatic carbocycles. The molecule has 1 aromatic heterocycles. The Labute approximate surface area is 137 Å². The van der Waals surface area contributed by atoms with Crippen molar-refractivity contribution in [1.82, 2.24) is 14.6 Å². The topological polar surface area (TPSA) is 65.2 Å². The van der Waals surface area contributed by atoms with Gasteiger partial charge in [-0.2, -0.15) is 0 Å². The van der Waals surface area contributed by atoms with Crippen molar-refractivity contribution in [1.29, 1.82) is 0 Å². The van der Waals surface area contributed by atoms with E-state index in [0.29, 0.717) is 9.88 Å². The molecule has 0 aliphatic rings. The predicted octanol–water partition coefficient (Wildman–Crippen LogP) is 1.32. The number of H-pyrrole nitrogens is 1. The van der Waals surface area contributed by atoms with E-state index in [1.54, 1.807) is 0 Å². The highest BCUT2D eigenvalue weighted by molar-refractivity contribution is 7.88. The van der Waals surface area contributed by atoms with Crippen LogP contribution >= 0.6 is 0 Å². The van der Waals surface area contributed by atoms with Crippen molar-refractivity contribution in [3.05, 3.63) is 35.5 Å². The minimum atomic E-state index is -5.06. The number of nitrogens with one attached hydrogen (secondary N) is 2. The SMILES string of the molecule is [2H]c1c(C([2H])([2H])S(=O)(=O)N([2H])C)c([2H])c2c(C([2H])([2H])CN(C)C([2H])([2H])[2H])cn([2H])c2c1[2H]. The number of benzene rings is 1. The standard InChI is InChI=1S/C14H21N3O2S/c1-15-20(18,19)10-11-4-5-14-13(8-11)12(9-16-14)6-7-17(2)3/h4-5,8-9,15-16H,6-7,10H2,1-3H3/i2D3,4D,5D,6D2,8D,10D2/hD2. The minimum Gasteiger partial charge on any atom is -0.361 e. The highest BCUT2D eigenvalue weighted by atomic mass is 32.2. The number of aromatic nitrogens is 1. The van der Waals surface area contributed by atoms with E-state index in [9.17, 15) is 8.42 Å². The van der Waals surface area contributed by atoms with Crippen molar-refractivity contribution >= 4 is 20.9 Å². The molecule has 2 rings (SSSR count). The van der Waals surface area contributed by atoms with Gasteiger partial charge in [-0.15, -0.1) is 0 Å². The Hall–Kier alpha value is -1.37. The summed E-state index contributed by atoms with van der Waals surface area (Å²) < 4.78 is 120. The largest absolute Gasteiger partial charge is 0.361 e. The number of hydrogen-bond donors (Lipinski definition) is 2. The van der Waals surface area contributed by atoms with Gasteiger partial charge in [0, 0.05) is 33.2 Å². The summed E-state index contributed by atoms with van der Waals surface area (Å²) in [5.41, 5.74) is -5.45. The Morgan fingerprint density at radius 3 is 3.15 bits per heavy atom. The number of rotatable bonds is 6. The van der Waals surface area contributed by atoms with Gasteiger partial charge in [0.25, 0.3) is 0 Å². The van der Waals surface area contributed by atoms with Crippen molar-refractivity contribution in [2.45, 2.75) is 12.1 Å². The molecule has 0 bridgehead atoms. The quantitative estimate of drug-likeness (QED) is 0.846. The molecule has 0 aliphatic heterocycles.